The Balaban J connectivity index is 1.53. The van der Waals surface area contributed by atoms with Gasteiger partial charge in [-0.25, -0.2) is 13.2 Å². The Morgan fingerprint density at radius 2 is 1.72 bits per heavy atom. The molecule has 1 unspecified atom stereocenters. The van der Waals surface area contributed by atoms with E-state index in [9.17, 15) is 23.4 Å². The number of carbonyl (C=O) groups is 1. The number of ether oxygens (including phenoxy) is 1. The first-order valence-corrected chi connectivity index (χ1v) is 13.3. The Morgan fingerprint density at radius 3 is 2.36 bits per heavy atom. The summed E-state index contributed by atoms with van der Waals surface area (Å²) in [6.07, 6.45) is 0.823. The van der Waals surface area contributed by atoms with Gasteiger partial charge in [-0.2, -0.15) is 0 Å². The molecular formula is C26H30N2O7S. The van der Waals surface area contributed by atoms with Crippen LogP contribution in [0.5, 0.6) is 11.5 Å². The number of carboxylic acids is 1. The highest BCUT2D eigenvalue weighted by molar-refractivity contribution is 7.92. The molecular weight excluding hydrogens is 484 g/mol. The van der Waals surface area contributed by atoms with Gasteiger partial charge in [-0.3, -0.25) is 4.72 Å². The molecule has 0 saturated heterocycles. The van der Waals surface area contributed by atoms with E-state index in [1.54, 1.807) is 24.3 Å². The van der Waals surface area contributed by atoms with Crippen molar-refractivity contribution in [3.63, 3.8) is 0 Å². The van der Waals surface area contributed by atoms with Gasteiger partial charge in [0.2, 0.25) is 10.0 Å². The predicted octanol–water partition coefficient (Wildman–Crippen LogP) is 3.39. The van der Waals surface area contributed by atoms with Crippen LogP contribution >= 0.6 is 0 Å². The number of carboxylic acid groups (broad SMARTS) is 1. The predicted molar refractivity (Wildman–Crippen MR) is 138 cm³/mol. The number of aliphatic hydroxyl groups is 1. The van der Waals surface area contributed by atoms with Crippen molar-refractivity contribution in [1.29, 1.82) is 0 Å². The van der Waals surface area contributed by atoms with Crippen LogP contribution in [0.2, 0.25) is 0 Å². The van der Waals surface area contributed by atoms with Gasteiger partial charge in [-0.1, -0.05) is 31.2 Å². The summed E-state index contributed by atoms with van der Waals surface area (Å²) in [4.78, 5) is 11.1. The third-order valence-electron chi connectivity index (χ3n) is 5.48. The van der Waals surface area contributed by atoms with Crippen molar-refractivity contribution in [3.05, 3.63) is 77.4 Å². The van der Waals surface area contributed by atoms with E-state index in [1.807, 2.05) is 25.1 Å². The number of nitrogens with one attached hydrogen (secondary N) is 2. The van der Waals surface area contributed by atoms with Gasteiger partial charge in [0.15, 0.2) is 0 Å². The standard InChI is InChI=1S/C26H30N2O7S/c1-3-17-14-20(18-4-6-19(7-5-18)26(31)32)9-11-25(17)35-13-12-27-16-24(30)21-8-10-23(29)22(15-21)28-36(2,33)34/h4-11,14-15,24,27-30H,3,12-13,16H2,1-2H3,(H,31,32). The summed E-state index contributed by atoms with van der Waals surface area (Å²) < 4.78 is 31.0. The Kier molecular flexibility index (Phi) is 8.92. The second-order valence-corrected chi connectivity index (χ2v) is 10.0. The molecule has 3 rings (SSSR count). The van der Waals surface area contributed by atoms with Crippen LogP contribution < -0.4 is 14.8 Å². The molecule has 0 radical (unpaired) electrons. The molecule has 9 nitrogen and oxygen atoms in total. The van der Waals surface area contributed by atoms with Crippen LogP contribution in [0, 0.1) is 0 Å². The zero-order valence-electron chi connectivity index (χ0n) is 20.1. The molecule has 0 saturated carbocycles. The van der Waals surface area contributed by atoms with Crippen LogP contribution in [0.1, 0.15) is 34.5 Å². The lowest BCUT2D eigenvalue weighted by Gasteiger charge is -2.16. The molecule has 0 bridgehead atoms. The van der Waals surface area contributed by atoms with E-state index in [4.69, 9.17) is 9.84 Å². The number of phenols is 1. The Morgan fingerprint density at radius 1 is 1.03 bits per heavy atom. The molecule has 10 heteroatoms. The van der Waals surface area contributed by atoms with Crippen molar-refractivity contribution >= 4 is 21.7 Å². The fourth-order valence-electron chi connectivity index (χ4n) is 3.61. The first-order chi connectivity index (χ1) is 17.1. The lowest BCUT2D eigenvalue weighted by Crippen LogP contribution is -2.26. The lowest BCUT2D eigenvalue weighted by molar-refractivity contribution is 0.0697. The van der Waals surface area contributed by atoms with E-state index in [0.29, 0.717) is 18.7 Å². The number of benzene rings is 3. The summed E-state index contributed by atoms with van der Waals surface area (Å²) in [5, 5.41) is 32.4. The molecule has 0 spiro atoms. The zero-order chi connectivity index (χ0) is 26.3. The SMILES string of the molecule is CCc1cc(-c2ccc(C(=O)O)cc2)ccc1OCCNCC(O)c1ccc(O)c(NS(C)(=O)=O)c1. The molecule has 3 aromatic rings. The van der Waals surface area contributed by atoms with Crippen molar-refractivity contribution in [2.75, 3.05) is 30.7 Å². The highest BCUT2D eigenvalue weighted by Gasteiger charge is 2.13. The number of aryl methyl sites for hydroxylation is 1. The van der Waals surface area contributed by atoms with Gasteiger partial charge in [-0.15, -0.1) is 0 Å². The van der Waals surface area contributed by atoms with Crippen LogP contribution in [-0.4, -0.2) is 55.7 Å². The molecule has 0 aromatic heterocycles. The molecule has 0 aliphatic heterocycles. The number of phenolic OH excluding ortho intramolecular Hbond substituents is 1. The molecule has 0 amide bonds. The van der Waals surface area contributed by atoms with Gasteiger partial charge < -0.3 is 25.4 Å². The summed E-state index contributed by atoms with van der Waals surface area (Å²) in [5.41, 5.74) is 3.60. The van der Waals surface area contributed by atoms with Gasteiger partial charge in [0, 0.05) is 13.1 Å². The molecule has 0 aliphatic carbocycles. The van der Waals surface area contributed by atoms with Crippen molar-refractivity contribution < 1.29 is 33.3 Å². The summed E-state index contributed by atoms with van der Waals surface area (Å²) in [7, 11) is -3.57. The van der Waals surface area contributed by atoms with Crippen LogP contribution in [0.25, 0.3) is 11.1 Å². The molecule has 0 fully saturated rings. The highest BCUT2D eigenvalue weighted by atomic mass is 32.2. The van der Waals surface area contributed by atoms with Gasteiger partial charge in [0.25, 0.3) is 0 Å². The van der Waals surface area contributed by atoms with Crippen molar-refractivity contribution in [3.8, 4) is 22.6 Å². The van der Waals surface area contributed by atoms with Gasteiger partial charge >= 0.3 is 5.97 Å². The first-order valence-electron chi connectivity index (χ1n) is 11.4. The van der Waals surface area contributed by atoms with E-state index in [-0.39, 0.29) is 23.5 Å². The second-order valence-electron chi connectivity index (χ2n) is 8.28. The fraction of sp³-hybridized carbons (Fsp3) is 0.269. The topological polar surface area (TPSA) is 145 Å². The average molecular weight is 515 g/mol. The number of sulfonamides is 1. The summed E-state index contributed by atoms with van der Waals surface area (Å²) in [5.74, 6) is -0.439. The maximum absolute atomic E-state index is 11.4. The third kappa shape index (κ3) is 7.45. The minimum Gasteiger partial charge on any atom is -0.506 e. The quantitative estimate of drug-likeness (QED) is 0.183. The molecule has 5 N–H and O–H groups in total. The second kappa shape index (κ2) is 11.9. The van der Waals surface area contributed by atoms with Gasteiger partial charge in [-0.05, 0) is 65.1 Å². The number of aliphatic hydroxyl groups excluding tert-OH is 1. The van der Waals surface area contributed by atoms with Crippen LogP contribution in [0.3, 0.4) is 0 Å². The van der Waals surface area contributed by atoms with Crippen molar-refractivity contribution in [2.24, 2.45) is 0 Å². The lowest BCUT2D eigenvalue weighted by atomic mass is 10.00. The number of anilines is 1. The van der Waals surface area contributed by atoms with Crippen LogP contribution in [0.4, 0.5) is 5.69 Å². The Bertz CT molecular complexity index is 1310. The third-order valence-corrected chi connectivity index (χ3v) is 6.07. The number of aromatic carboxylic acids is 1. The molecule has 0 heterocycles. The maximum atomic E-state index is 11.4. The Labute approximate surface area is 210 Å². The molecule has 1 atom stereocenters. The average Bonchev–Trinajstić information content (AvgIpc) is 2.84. The van der Waals surface area contributed by atoms with Crippen molar-refractivity contribution in [2.45, 2.75) is 19.4 Å². The number of hydrogen-bond donors (Lipinski definition) is 5. The van der Waals surface area contributed by atoms with Crippen molar-refractivity contribution in [1.82, 2.24) is 5.32 Å². The Hall–Kier alpha value is -3.60. The molecule has 0 aliphatic rings. The van der Waals surface area contributed by atoms with Gasteiger partial charge in [0.05, 0.1) is 23.6 Å². The normalized spacial score (nSPS) is 12.2. The monoisotopic (exact) mass is 514 g/mol. The fourth-order valence-corrected chi connectivity index (χ4v) is 4.18. The summed E-state index contributed by atoms with van der Waals surface area (Å²) >= 11 is 0. The van der Waals surface area contributed by atoms with E-state index in [1.165, 1.54) is 18.2 Å². The number of aromatic hydroxyl groups is 1. The largest absolute Gasteiger partial charge is 0.506 e. The van der Waals surface area contributed by atoms with Gasteiger partial charge in [0.1, 0.15) is 18.1 Å². The number of hydrogen-bond acceptors (Lipinski definition) is 7. The molecule has 36 heavy (non-hydrogen) atoms. The number of rotatable bonds is 12. The first kappa shape index (κ1) is 27.0. The smallest absolute Gasteiger partial charge is 0.335 e. The van der Waals surface area contributed by atoms with E-state index >= 15 is 0 Å². The molecule has 3 aromatic carbocycles. The summed E-state index contributed by atoms with van der Waals surface area (Å²) in [6.45, 7) is 3.06. The minimum atomic E-state index is -3.57. The highest BCUT2D eigenvalue weighted by Crippen LogP contribution is 2.29. The maximum Gasteiger partial charge on any atom is 0.335 e. The molecule has 192 valence electrons. The van der Waals surface area contributed by atoms with Crippen LogP contribution in [0.15, 0.2) is 60.7 Å². The summed E-state index contributed by atoms with van der Waals surface area (Å²) in [6, 6.07) is 16.8. The zero-order valence-corrected chi connectivity index (χ0v) is 20.9. The van der Waals surface area contributed by atoms with E-state index in [2.05, 4.69) is 10.0 Å². The van der Waals surface area contributed by atoms with E-state index < -0.39 is 22.1 Å². The minimum absolute atomic E-state index is 0.00533. The van der Waals surface area contributed by atoms with Crippen LogP contribution in [-0.2, 0) is 16.4 Å². The van der Waals surface area contributed by atoms with E-state index in [0.717, 1.165) is 35.1 Å².